The van der Waals surface area contributed by atoms with E-state index in [0.29, 0.717) is 0 Å². The van der Waals surface area contributed by atoms with E-state index >= 15 is 0 Å². The molecule has 1 fully saturated rings. The van der Waals surface area contributed by atoms with Gasteiger partial charge >= 0.3 is 0 Å². The third-order valence-corrected chi connectivity index (χ3v) is 3.32. The molecule has 1 heterocycles. The number of nitrogens with zero attached hydrogens (tertiary/aromatic N) is 1. The quantitative estimate of drug-likeness (QED) is 0.611. The summed E-state index contributed by atoms with van der Waals surface area (Å²) in [4.78, 5) is 2.67. The van der Waals surface area contributed by atoms with E-state index in [-0.39, 0.29) is 4.70 Å². The van der Waals surface area contributed by atoms with Crippen molar-refractivity contribution in [3.05, 3.63) is 0 Å². The van der Waals surface area contributed by atoms with Crippen LogP contribution in [0.25, 0.3) is 0 Å². The third-order valence-electron chi connectivity index (χ3n) is 3.32. The zero-order valence-corrected chi connectivity index (χ0v) is 10.5. The Bertz CT molecular complexity index is 138. The molecule has 0 aliphatic carbocycles. The van der Waals surface area contributed by atoms with Crippen LogP contribution in [0.1, 0.15) is 58.8 Å². The SMILES string of the molecule is CCCCCCCN1CCCC(C)C1.F. The smallest absolute Gasteiger partial charge is 0.000703 e. The van der Waals surface area contributed by atoms with Crippen molar-refractivity contribution in [2.24, 2.45) is 5.92 Å². The molecule has 0 bridgehead atoms. The summed E-state index contributed by atoms with van der Waals surface area (Å²) in [5.74, 6) is 0.944. The van der Waals surface area contributed by atoms with Crippen LogP contribution in [-0.2, 0) is 0 Å². The number of piperidine rings is 1. The molecule has 0 radical (unpaired) electrons. The molecule has 0 amide bonds. The van der Waals surface area contributed by atoms with E-state index in [1.54, 1.807) is 0 Å². The summed E-state index contributed by atoms with van der Waals surface area (Å²) < 4.78 is 0. The molecule has 0 aromatic heterocycles. The maximum Gasteiger partial charge on any atom is 0.000703 e. The van der Waals surface area contributed by atoms with E-state index in [9.17, 15) is 0 Å². The van der Waals surface area contributed by atoms with Crippen molar-refractivity contribution in [1.82, 2.24) is 4.90 Å². The first kappa shape index (κ1) is 14.9. The second kappa shape index (κ2) is 9.14. The van der Waals surface area contributed by atoms with Crippen LogP contribution < -0.4 is 0 Å². The fourth-order valence-electron chi connectivity index (χ4n) is 2.43. The second-order valence-electron chi connectivity index (χ2n) is 4.96. The van der Waals surface area contributed by atoms with Crippen LogP contribution in [0.3, 0.4) is 0 Å². The number of halogens is 1. The van der Waals surface area contributed by atoms with Crippen molar-refractivity contribution in [3.63, 3.8) is 0 Å². The van der Waals surface area contributed by atoms with E-state index < -0.39 is 0 Å². The zero-order chi connectivity index (χ0) is 10.2. The van der Waals surface area contributed by atoms with Gasteiger partial charge in [0.1, 0.15) is 0 Å². The molecule has 1 aliphatic heterocycles. The van der Waals surface area contributed by atoms with Crippen LogP contribution in [0.5, 0.6) is 0 Å². The maximum absolute atomic E-state index is 2.67. The zero-order valence-electron chi connectivity index (χ0n) is 10.5. The first-order chi connectivity index (χ1) is 6.83. The highest BCUT2D eigenvalue weighted by atomic mass is 19.0. The number of hydrogen-bond donors (Lipinski definition) is 0. The Kier molecular flexibility index (Phi) is 9.07. The molecule has 2 heteroatoms. The average molecular weight is 217 g/mol. The van der Waals surface area contributed by atoms with Crippen molar-refractivity contribution >= 4 is 0 Å². The Hall–Kier alpha value is -0.110. The van der Waals surface area contributed by atoms with E-state index in [4.69, 9.17) is 0 Å². The first-order valence-electron chi connectivity index (χ1n) is 6.55. The van der Waals surface area contributed by atoms with E-state index in [2.05, 4.69) is 18.7 Å². The Morgan fingerprint density at radius 2 is 1.87 bits per heavy atom. The number of rotatable bonds is 6. The van der Waals surface area contributed by atoms with Gasteiger partial charge in [0.2, 0.25) is 0 Å². The Labute approximate surface area is 94.6 Å². The number of hydrogen-bond acceptors (Lipinski definition) is 1. The lowest BCUT2D eigenvalue weighted by atomic mass is 10.00. The van der Waals surface area contributed by atoms with Crippen molar-refractivity contribution in [1.29, 1.82) is 0 Å². The van der Waals surface area contributed by atoms with Gasteiger partial charge in [-0.15, -0.1) is 0 Å². The largest absolute Gasteiger partial charge is 0.303 e. The standard InChI is InChI=1S/C13H27N.FH/c1-3-4-5-6-7-10-14-11-8-9-13(2)12-14;/h13H,3-12H2,1-2H3;1H. The lowest BCUT2D eigenvalue weighted by molar-refractivity contribution is 0.180. The first-order valence-corrected chi connectivity index (χ1v) is 6.55. The minimum atomic E-state index is 0. The molecular weight excluding hydrogens is 189 g/mol. The average Bonchev–Trinajstić information content (AvgIpc) is 2.18. The van der Waals surface area contributed by atoms with E-state index in [1.807, 2.05) is 0 Å². The minimum absolute atomic E-state index is 0. The van der Waals surface area contributed by atoms with Gasteiger partial charge in [-0.1, -0.05) is 39.5 Å². The van der Waals surface area contributed by atoms with Gasteiger partial charge in [-0.25, -0.2) is 0 Å². The van der Waals surface area contributed by atoms with Crippen LogP contribution in [0, 0.1) is 5.92 Å². The Balaban J connectivity index is 0.00000196. The van der Waals surface area contributed by atoms with Crippen LogP contribution >= 0.6 is 0 Å². The second-order valence-corrected chi connectivity index (χ2v) is 4.96. The molecule has 1 unspecified atom stereocenters. The van der Waals surface area contributed by atoms with Gasteiger partial charge in [0.15, 0.2) is 0 Å². The number of likely N-dealkylation sites (tertiary alicyclic amines) is 1. The van der Waals surface area contributed by atoms with Crippen LogP contribution in [0.15, 0.2) is 0 Å². The van der Waals surface area contributed by atoms with Crippen molar-refractivity contribution < 1.29 is 4.70 Å². The van der Waals surface area contributed by atoms with Gasteiger partial charge < -0.3 is 4.90 Å². The van der Waals surface area contributed by atoms with Gasteiger partial charge in [0.05, 0.1) is 0 Å². The molecule has 1 aliphatic rings. The molecule has 1 nitrogen and oxygen atoms in total. The van der Waals surface area contributed by atoms with Gasteiger partial charge in [-0.2, -0.15) is 0 Å². The summed E-state index contributed by atoms with van der Waals surface area (Å²) in [6.07, 6.45) is 9.98. The van der Waals surface area contributed by atoms with Crippen molar-refractivity contribution in [2.75, 3.05) is 19.6 Å². The maximum atomic E-state index is 2.67. The fourth-order valence-corrected chi connectivity index (χ4v) is 2.43. The molecule has 0 spiro atoms. The molecule has 1 saturated heterocycles. The van der Waals surface area contributed by atoms with Crippen LogP contribution in [0.2, 0.25) is 0 Å². The van der Waals surface area contributed by atoms with E-state index in [0.717, 1.165) is 5.92 Å². The third kappa shape index (κ3) is 6.88. The fraction of sp³-hybridized carbons (Fsp3) is 1.00. The van der Waals surface area contributed by atoms with Crippen molar-refractivity contribution in [2.45, 2.75) is 58.8 Å². The molecule has 0 aromatic rings. The molecular formula is C13H28FN. The summed E-state index contributed by atoms with van der Waals surface area (Å²) in [7, 11) is 0. The summed E-state index contributed by atoms with van der Waals surface area (Å²) >= 11 is 0. The van der Waals surface area contributed by atoms with Gasteiger partial charge in [0.25, 0.3) is 0 Å². The highest BCUT2D eigenvalue weighted by Gasteiger charge is 2.14. The molecule has 0 saturated carbocycles. The monoisotopic (exact) mass is 217 g/mol. The predicted octanol–water partition coefficient (Wildman–Crippen LogP) is 3.84. The molecule has 92 valence electrons. The normalized spacial score (nSPS) is 22.4. The molecule has 1 rings (SSSR count). The molecule has 15 heavy (non-hydrogen) atoms. The van der Waals surface area contributed by atoms with Crippen LogP contribution in [-0.4, -0.2) is 24.5 Å². The molecule has 1 atom stereocenters. The topological polar surface area (TPSA) is 3.24 Å². The van der Waals surface area contributed by atoms with Gasteiger partial charge in [0, 0.05) is 6.54 Å². The molecule has 0 aromatic carbocycles. The Morgan fingerprint density at radius 1 is 1.13 bits per heavy atom. The Morgan fingerprint density at radius 3 is 2.53 bits per heavy atom. The minimum Gasteiger partial charge on any atom is -0.303 e. The van der Waals surface area contributed by atoms with Gasteiger partial charge in [-0.05, 0) is 38.3 Å². The number of unbranched alkanes of at least 4 members (excludes halogenated alkanes) is 4. The van der Waals surface area contributed by atoms with Crippen molar-refractivity contribution in [3.8, 4) is 0 Å². The predicted molar refractivity (Wildman–Crippen MR) is 66.1 cm³/mol. The summed E-state index contributed by atoms with van der Waals surface area (Å²) in [5.41, 5.74) is 0. The van der Waals surface area contributed by atoms with Crippen LogP contribution in [0.4, 0.5) is 4.70 Å². The van der Waals surface area contributed by atoms with Gasteiger partial charge in [-0.3, -0.25) is 4.70 Å². The molecule has 0 N–H and O–H groups in total. The summed E-state index contributed by atoms with van der Waals surface area (Å²) in [6.45, 7) is 8.75. The summed E-state index contributed by atoms with van der Waals surface area (Å²) in [5, 5.41) is 0. The highest BCUT2D eigenvalue weighted by molar-refractivity contribution is 4.69. The summed E-state index contributed by atoms with van der Waals surface area (Å²) in [6, 6.07) is 0. The van der Waals surface area contributed by atoms with E-state index in [1.165, 1.54) is 64.6 Å². The lowest BCUT2D eigenvalue weighted by Gasteiger charge is -2.30. The highest BCUT2D eigenvalue weighted by Crippen LogP contribution is 2.16. The lowest BCUT2D eigenvalue weighted by Crippen LogP contribution is -2.34.